The van der Waals surface area contributed by atoms with E-state index >= 15 is 0 Å². The molecular weight excluding hydrogens is 907 g/mol. The minimum atomic E-state index is -0.974. The predicted molar refractivity (Wildman–Crippen MR) is 268 cm³/mol. The van der Waals surface area contributed by atoms with Crippen LogP contribution >= 0.6 is 15.9 Å². The van der Waals surface area contributed by atoms with Crippen LogP contribution in [0.3, 0.4) is 0 Å². The van der Waals surface area contributed by atoms with Crippen LogP contribution in [-0.2, 0) is 27.5 Å². The van der Waals surface area contributed by atoms with Gasteiger partial charge in [0.15, 0.2) is 0 Å². The molecule has 11 nitrogen and oxygen atoms in total. The molecule has 2 heterocycles. The number of carboxylic acids is 3. The standard InChI is InChI=1S/C31H25N3O4.C23H17BrN2O2.CH4/c35-27(36)19-32-24-15-9-14-23(18-24)25-16-7-8-17-26(25)31-33-29(21-10-3-1-4-11-21)30(34(31)20-28(37)38)22-12-5-2-6-13-22;24-19-14-8-7-13-18(19)23-25-21(16-9-3-1-4-10-16)22(26(23)15-20(27)28)17-11-5-2-6-12-17;/h1-18,32H,19-20H2,(H,35,36)(H,37,38);1-14H,15H2,(H,27,28);1H4. The molecule has 0 aliphatic rings. The van der Waals surface area contributed by atoms with Crippen LogP contribution in [0.1, 0.15) is 7.43 Å². The van der Waals surface area contributed by atoms with Crippen molar-refractivity contribution in [3.8, 4) is 78.9 Å². The summed E-state index contributed by atoms with van der Waals surface area (Å²) >= 11 is 3.58. The number of carbonyl (C=O) groups is 3. The Balaban J connectivity index is 0.000000205. The molecular formula is C55H46BrN5O6. The lowest BCUT2D eigenvalue weighted by Gasteiger charge is -2.14. The number of hydrogen-bond acceptors (Lipinski definition) is 6. The normalized spacial score (nSPS) is 10.6. The SMILES string of the molecule is C.O=C(O)CNc1cccc(-c2ccccc2-c2nc(-c3ccccc3)c(-c3ccccc3)n2CC(=O)O)c1.O=C(O)Cn1c(-c2ccccc2Br)nc(-c2ccccc2)c1-c1ccccc1. The zero-order chi connectivity index (χ0) is 46.0. The van der Waals surface area contributed by atoms with Crippen molar-refractivity contribution >= 4 is 39.5 Å². The number of aromatic nitrogens is 4. The van der Waals surface area contributed by atoms with Crippen molar-refractivity contribution in [2.24, 2.45) is 0 Å². The second-order valence-corrected chi connectivity index (χ2v) is 15.9. The lowest BCUT2D eigenvalue weighted by Crippen LogP contribution is -2.12. The van der Waals surface area contributed by atoms with Crippen LogP contribution in [0.4, 0.5) is 5.69 Å². The average Bonchev–Trinajstić information content (AvgIpc) is 3.90. The van der Waals surface area contributed by atoms with Gasteiger partial charge in [-0.15, -0.1) is 0 Å². The largest absolute Gasteiger partial charge is 0.480 e. The van der Waals surface area contributed by atoms with Gasteiger partial charge in [0.05, 0.1) is 22.8 Å². The summed E-state index contributed by atoms with van der Waals surface area (Å²) in [6.07, 6.45) is 0. The maximum Gasteiger partial charge on any atom is 0.323 e. The first-order chi connectivity index (χ1) is 32.2. The fraction of sp³-hybridized carbons (Fsp3) is 0.0727. The van der Waals surface area contributed by atoms with Crippen molar-refractivity contribution in [1.29, 1.82) is 0 Å². The molecule has 0 radical (unpaired) electrons. The molecule has 334 valence electrons. The minimum Gasteiger partial charge on any atom is -0.480 e. The van der Waals surface area contributed by atoms with Gasteiger partial charge in [0.1, 0.15) is 31.3 Å². The van der Waals surface area contributed by atoms with Gasteiger partial charge in [-0.05, 0) is 29.3 Å². The van der Waals surface area contributed by atoms with Gasteiger partial charge in [-0.2, -0.15) is 0 Å². The summed E-state index contributed by atoms with van der Waals surface area (Å²) in [5, 5.41) is 31.5. The highest BCUT2D eigenvalue weighted by atomic mass is 79.9. The van der Waals surface area contributed by atoms with Gasteiger partial charge in [0.2, 0.25) is 0 Å². The van der Waals surface area contributed by atoms with Gasteiger partial charge in [0.25, 0.3) is 0 Å². The van der Waals surface area contributed by atoms with E-state index in [0.29, 0.717) is 23.0 Å². The summed E-state index contributed by atoms with van der Waals surface area (Å²) in [6, 6.07) is 61.9. The number of anilines is 1. The van der Waals surface area contributed by atoms with Crippen LogP contribution in [0.15, 0.2) is 199 Å². The first-order valence-electron chi connectivity index (χ1n) is 20.9. The van der Waals surface area contributed by atoms with Gasteiger partial charge in [-0.3, -0.25) is 14.4 Å². The van der Waals surface area contributed by atoms with Gasteiger partial charge in [-0.25, -0.2) is 9.97 Å². The minimum absolute atomic E-state index is 0. The van der Waals surface area contributed by atoms with E-state index in [2.05, 4.69) is 21.2 Å². The summed E-state index contributed by atoms with van der Waals surface area (Å²) in [7, 11) is 0. The van der Waals surface area contributed by atoms with E-state index in [4.69, 9.17) is 15.1 Å². The maximum absolute atomic E-state index is 12.1. The number of hydrogen-bond donors (Lipinski definition) is 4. The Hall–Kier alpha value is -8.35. The molecule has 0 atom stereocenters. The van der Waals surface area contributed by atoms with Crippen molar-refractivity contribution in [3.05, 3.63) is 199 Å². The van der Waals surface area contributed by atoms with E-state index in [1.165, 1.54) is 0 Å². The topological polar surface area (TPSA) is 160 Å². The summed E-state index contributed by atoms with van der Waals surface area (Å²) in [6.45, 7) is -0.649. The van der Waals surface area contributed by atoms with Crippen LogP contribution in [-0.4, -0.2) is 58.9 Å². The summed E-state index contributed by atoms with van der Waals surface area (Å²) in [5.41, 5.74) is 10.6. The smallest absolute Gasteiger partial charge is 0.323 e. The Morgan fingerprint density at radius 3 is 1.28 bits per heavy atom. The number of carboxylic acid groups (broad SMARTS) is 3. The van der Waals surface area contributed by atoms with E-state index in [-0.39, 0.29) is 27.1 Å². The average molecular weight is 953 g/mol. The molecule has 0 fully saturated rings. The number of halogens is 1. The van der Waals surface area contributed by atoms with Crippen LogP contribution < -0.4 is 5.32 Å². The fourth-order valence-corrected chi connectivity index (χ4v) is 8.28. The van der Waals surface area contributed by atoms with Gasteiger partial charge < -0.3 is 29.8 Å². The summed E-state index contributed by atoms with van der Waals surface area (Å²) in [5.74, 6) is -1.69. The number of rotatable bonds is 14. The third-order valence-electron chi connectivity index (χ3n) is 10.6. The molecule has 9 rings (SSSR count). The maximum atomic E-state index is 12.1. The molecule has 0 unspecified atom stereocenters. The highest BCUT2D eigenvalue weighted by Gasteiger charge is 2.25. The third-order valence-corrected chi connectivity index (χ3v) is 11.3. The quantitative estimate of drug-likeness (QED) is 0.0832. The number of imidazole rings is 2. The van der Waals surface area contributed by atoms with Crippen LogP contribution in [0.2, 0.25) is 0 Å². The molecule has 4 N–H and O–H groups in total. The molecule has 9 aromatic rings. The molecule has 0 saturated heterocycles. The molecule has 67 heavy (non-hydrogen) atoms. The molecule has 7 aromatic carbocycles. The van der Waals surface area contributed by atoms with E-state index in [0.717, 1.165) is 66.1 Å². The van der Waals surface area contributed by atoms with Crippen molar-refractivity contribution in [2.75, 3.05) is 11.9 Å². The molecule has 12 heteroatoms. The van der Waals surface area contributed by atoms with Gasteiger partial charge in [-0.1, -0.05) is 199 Å². The lowest BCUT2D eigenvalue weighted by molar-refractivity contribution is -0.138. The molecule has 0 bridgehead atoms. The van der Waals surface area contributed by atoms with Crippen LogP contribution in [0.5, 0.6) is 0 Å². The third kappa shape index (κ3) is 10.8. The van der Waals surface area contributed by atoms with Crippen molar-refractivity contribution in [2.45, 2.75) is 20.5 Å². The van der Waals surface area contributed by atoms with Crippen LogP contribution in [0.25, 0.3) is 78.9 Å². The van der Waals surface area contributed by atoms with Gasteiger partial charge >= 0.3 is 17.9 Å². The first kappa shape index (κ1) is 46.6. The summed E-state index contributed by atoms with van der Waals surface area (Å²) < 4.78 is 4.40. The highest BCUT2D eigenvalue weighted by molar-refractivity contribution is 9.10. The Bertz CT molecular complexity index is 3140. The monoisotopic (exact) mass is 951 g/mol. The molecule has 0 aliphatic carbocycles. The molecule has 2 aromatic heterocycles. The van der Waals surface area contributed by atoms with Crippen LogP contribution in [0, 0.1) is 0 Å². The first-order valence-corrected chi connectivity index (χ1v) is 21.7. The van der Waals surface area contributed by atoms with Crippen molar-refractivity contribution in [3.63, 3.8) is 0 Å². The number of aliphatic carboxylic acids is 3. The summed E-state index contributed by atoms with van der Waals surface area (Å²) in [4.78, 5) is 44.8. The van der Waals surface area contributed by atoms with E-state index in [9.17, 15) is 24.6 Å². The Morgan fingerprint density at radius 1 is 0.448 bits per heavy atom. The zero-order valence-corrected chi connectivity index (χ0v) is 36.9. The molecule has 0 aliphatic heterocycles. The Labute approximate surface area is 396 Å². The highest BCUT2D eigenvalue weighted by Crippen LogP contribution is 2.41. The zero-order valence-electron chi connectivity index (χ0n) is 35.3. The van der Waals surface area contributed by atoms with Crippen molar-refractivity contribution in [1.82, 2.24) is 19.1 Å². The second kappa shape index (κ2) is 21.6. The van der Waals surface area contributed by atoms with E-state index in [1.54, 1.807) is 15.2 Å². The number of nitrogens with one attached hydrogen (secondary N) is 1. The van der Waals surface area contributed by atoms with Crippen molar-refractivity contribution < 1.29 is 29.7 Å². The molecule has 0 spiro atoms. The number of benzene rings is 7. The fourth-order valence-electron chi connectivity index (χ4n) is 7.81. The molecule has 0 amide bonds. The number of nitrogens with zero attached hydrogens (tertiary/aromatic N) is 4. The lowest BCUT2D eigenvalue weighted by atomic mass is 9.98. The van der Waals surface area contributed by atoms with E-state index in [1.807, 2.05) is 188 Å². The predicted octanol–water partition coefficient (Wildman–Crippen LogP) is 12.5. The van der Waals surface area contributed by atoms with E-state index < -0.39 is 17.9 Å². The second-order valence-electron chi connectivity index (χ2n) is 15.0. The van der Waals surface area contributed by atoms with Gasteiger partial charge in [0, 0.05) is 43.5 Å². The Kier molecular flexibility index (Phi) is 15.0. The Morgan fingerprint density at radius 2 is 0.836 bits per heavy atom. The molecule has 0 saturated carbocycles.